The summed E-state index contributed by atoms with van der Waals surface area (Å²) in [7, 11) is 0. The molecule has 0 saturated carbocycles. The Morgan fingerprint density at radius 1 is 1.33 bits per heavy atom. The second kappa shape index (κ2) is 7.31. The maximum atomic E-state index is 12.5. The van der Waals surface area contributed by atoms with Gasteiger partial charge in [0.05, 0.1) is 12.3 Å². The van der Waals surface area contributed by atoms with E-state index >= 15 is 0 Å². The molecule has 112 valence electrons. The first-order valence-electron chi connectivity index (χ1n) is 7.04. The molecule has 0 spiro atoms. The van der Waals surface area contributed by atoms with Crippen molar-refractivity contribution in [3.8, 4) is 5.75 Å². The number of aromatic nitrogens is 1. The van der Waals surface area contributed by atoms with Crippen molar-refractivity contribution in [1.29, 1.82) is 0 Å². The lowest BCUT2D eigenvalue weighted by atomic mass is 10.2. The van der Waals surface area contributed by atoms with Gasteiger partial charge in [-0.15, -0.1) is 0 Å². The molecule has 0 fully saturated rings. The fourth-order valence-electron chi connectivity index (χ4n) is 2.13. The van der Waals surface area contributed by atoms with E-state index in [2.05, 4.69) is 28.2 Å². The van der Waals surface area contributed by atoms with Crippen LogP contribution in [0.1, 0.15) is 30.8 Å². The molecule has 0 unspecified atom stereocenters. The van der Waals surface area contributed by atoms with Crippen LogP contribution in [0.3, 0.4) is 0 Å². The molecule has 2 aromatic rings. The molecule has 1 aromatic heterocycles. The van der Waals surface area contributed by atoms with Gasteiger partial charge in [-0.25, -0.2) is 0 Å². The van der Waals surface area contributed by atoms with Crippen LogP contribution >= 0.6 is 15.9 Å². The number of para-hydroxylation sites is 2. The highest BCUT2D eigenvalue weighted by atomic mass is 79.9. The molecule has 1 N–H and O–H groups in total. The Balaban J connectivity index is 2.22. The zero-order chi connectivity index (χ0) is 15.2. The quantitative estimate of drug-likeness (QED) is 0.843. The van der Waals surface area contributed by atoms with Gasteiger partial charge in [0.2, 0.25) is 0 Å². The van der Waals surface area contributed by atoms with Crippen LogP contribution in [0.5, 0.6) is 5.75 Å². The number of benzene rings is 1. The summed E-state index contributed by atoms with van der Waals surface area (Å²) in [5.74, 6) is 0.544. The Morgan fingerprint density at radius 2 is 2.10 bits per heavy atom. The van der Waals surface area contributed by atoms with Gasteiger partial charge in [-0.05, 0) is 47.5 Å². The summed E-state index contributed by atoms with van der Waals surface area (Å²) in [4.78, 5) is 12.5. The third-order valence-electron chi connectivity index (χ3n) is 3.00. The largest absolute Gasteiger partial charge is 0.492 e. The molecule has 0 aliphatic carbocycles. The van der Waals surface area contributed by atoms with E-state index in [9.17, 15) is 4.79 Å². The zero-order valence-corrected chi connectivity index (χ0v) is 13.8. The zero-order valence-electron chi connectivity index (χ0n) is 12.2. The van der Waals surface area contributed by atoms with Crippen LogP contribution < -0.4 is 10.1 Å². The number of aryl methyl sites for hydroxylation is 1. The molecule has 0 radical (unpaired) electrons. The van der Waals surface area contributed by atoms with E-state index in [0.717, 1.165) is 17.4 Å². The first-order chi connectivity index (χ1) is 10.2. The monoisotopic (exact) mass is 350 g/mol. The number of nitrogens with zero attached hydrogens (tertiary/aromatic N) is 1. The van der Waals surface area contributed by atoms with E-state index in [-0.39, 0.29) is 5.91 Å². The highest BCUT2D eigenvalue weighted by Crippen LogP contribution is 2.25. The number of hydrogen-bond donors (Lipinski definition) is 1. The maximum absolute atomic E-state index is 12.5. The van der Waals surface area contributed by atoms with Gasteiger partial charge in [-0.1, -0.05) is 19.1 Å². The fraction of sp³-hybridized carbons (Fsp3) is 0.312. The number of ether oxygens (including phenoxy) is 1. The number of carbonyl (C=O) groups excluding carboxylic acids is 1. The van der Waals surface area contributed by atoms with E-state index < -0.39 is 0 Å². The number of halogens is 1. The molecule has 0 saturated heterocycles. The second-order valence-electron chi connectivity index (χ2n) is 4.62. The van der Waals surface area contributed by atoms with Crippen molar-refractivity contribution in [3.05, 3.63) is 46.7 Å². The predicted molar refractivity (Wildman–Crippen MR) is 88.0 cm³/mol. The fourth-order valence-corrected chi connectivity index (χ4v) is 2.59. The summed E-state index contributed by atoms with van der Waals surface area (Å²) in [5.41, 5.74) is 1.32. The second-order valence-corrected chi connectivity index (χ2v) is 5.54. The molecule has 21 heavy (non-hydrogen) atoms. The molecule has 4 nitrogen and oxygen atoms in total. The Hall–Kier alpha value is -1.75. The molecule has 1 aromatic carbocycles. The molecule has 1 amide bonds. The van der Waals surface area contributed by atoms with E-state index in [1.54, 1.807) is 0 Å². The first kappa shape index (κ1) is 15.6. The predicted octanol–water partition coefficient (Wildman–Crippen LogP) is 4.31. The third kappa shape index (κ3) is 3.88. The SMILES string of the molecule is CCCn1cc(Br)cc1C(=O)Nc1ccccc1OCC. The highest BCUT2D eigenvalue weighted by Gasteiger charge is 2.14. The molecule has 1 heterocycles. The van der Waals surface area contributed by atoms with Crippen molar-refractivity contribution in [1.82, 2.24) is 4.57 Å². The average molecular weight is 351 g/mol. The van der Waals surface area contributed by atoms with E-state index in [0.29, 0.717) is 23.7 Å². The Kier molecular flexibility index (Phi) is 5.44. The highest BCUT2D eigenvalue weighted by molar-refractivity contribution is 9.10. The number of anilines is 1. The van der Waals surface area contributed by atoms with Crippen LogP contribution in [-0.2, 0) is 6.54 Å². The lowest BCUT2D eigenvalue weighted by Crippen LogP contribution is -2.17. The summed E-state index contributed by atoms with van der Waals surface area (Å²) in [6, 6.07) is 9.27. The number of hydrogen-bond acceptors (Lipinski definition) is 2. The maximum Gasteiger partial charge on any atom is 0.272 e. The van der Waals surface area contributed by atoms with Crippen molar-refractivity contribution < 1.29 is 9.53 Å². The number of amides is 1. The minimum atomic E-state index is -0.138. The van der Waals surface area contributed by atoms with Crippen molar-refractivity contribution in [2.45, 2.75) is 26.8 Å². The minimum absolute atomic E-state index is 0.138. The lowest BCUT2D eigenvalue weighted by Gasteiger charge is -2.12. The van der Waals surface area contributed by atoms with E-state index in [1.165, 1.54) is 0 Å². The van der Waals surface area contributed by atoms with Crippen molar-refractivity contribution in [3.63, 3.8) is 0 Å². The van der Waals surface area contributed by atoms with E-state index in [4.69, 9.17) is 4.74 Å². The molecule has 0 bridgehead atoms. The summed E-state index contributed by atoms with van der Waals surface area (Å²) >= 11 is 3.42. The Bertz CT molecular complexity index is 622. The van der Waals surface area contributed by atoms with Gasteiger partial charge in [0, 0.05) is 17.2 Å². The molecule has 0 atom stereocenters. The Morgan fingerprint density at radius 3 is 2.81 bits per heavy atom. The molecule has 2 rings (SSSR count). The van der Waals surface area contributed by atoms with Crippen molar-refractivity contribution in [2.75, 3.05) is 11.9 Å². The van der Waals surface area contributed by atoms with Gasteiger partial charge >= 0.3 is 0 Å². The van der Waals surface area contributed by atoms with Gasteiger partial charge in [0.15, 0.2) is 0 Å². The lowest BCUT2D eigenvalue weighted by molar-refractivity contribution is 0.101. The summed E-state index contributed by atoms with van der Waals surface area (Å²) < 4.78 is 8.38. The molecular weight excluding hydrogens is 332 g/mol. The van der Waals surface area contributed by atoms with Crippen molar-refractivity contribution in [2.24, 2.45) is 0 Å². The minimum Gasteiger partial charge on any atom is -0.492 e. The number of carbonyl (C=O) groups is 1. The number of rotatable bonds is 6. The van der Waals surface area contributed by atoms with Crippen LogP contribution in [0, 0.1) is 0 Å². The van der Waals surface area contributed by atoms with Gasteiger partial charge in [0.1, 0.15) is 11.4 Å². The molecule has 5 heteroatoms. The normalized spacial score (nSPS) is 10.4. The summed E-state index contributed by atoms with van der Waals surface area (Å²) in [5, 5.41) is 2.92. The van der Waals surface area contributed by atoms with Gasteiger partial charge in [-0.2, -0.15) is 0 Å². The molecular formula is C16H19BrN2O2. The van der Waals surface area contributed by atoms with Crippen LogP contribution in [0.15, 0.2) is 41.0 Å². The molecule has 0 aliphatic rings. The topological polar surface area (TPSA) is 43.3 Å². The average Bonchev–Trinajstić information content (AvgIpc) is 2.83. The summed E-state index contributed by atoms with van der Waals surface area (Å²) in [6.07, 6.45) is 2.89. The smallest absolute Gasteiger partial charge is 0.272 e. The van der Waals surface area contributed by atoms with Crippen LogP contribution in [0.25, 0.3) is 0 Å². The Labute approximate surface area is 133 Å². The molecule has 0 aliphatic heterocycles. The number of nitrogens with one attached hydrogen (secondary N) is 1. The van der Waals surface area contributed by atoms with Crippen LogP contribution in [-0.4, -0.2) is 17.1 Å². The summed E-state index contributed by atoms with van der Waals surface area (Å²) in [6.45, 7) is 5.37. The van der Waals surface area contributed by atoms with Gasteiger partial charge < -0.3 is 14.6 Å². The first-order valence-corrected chi connectivity index (χ1v) is 7.83. The van der Waals surface area contributed by atoms with Crippen LogP contribution in [0.2, 0.25) is 0 Å². The van der Waals surface area contributed by atoms with Crippen molar-refractivity contribution >= 4 is 27.5 Å². The third-order valence-corrected chi connectivity index (χ3v) is 3.43. The van der Waals surface area contributed by atoms with Gasteiger partial charge in [-0.3, -0.25) is 4.79 Å². The van der Waals surface area contributed by atoms with Crippen LogP contribution in [0.4, 0.5) is 5.69 Å². The van der Waals surface area contributed by atoms with Gasteiger partial charge in [0.25, 0.3) is 5.91 Å². The standard InChI is InChI=1S/C16H19BrN2O2/c1-3-9-19-11-12(17)10-14(19)16(20)18-13-7-5-6-8-15(13)21-4-2/h5-8,10-11H,3-4,9H2,1-2H3,(H,18,20). The van der Waals surface area contributed by atoms with E-state index in [1.807, 2.05) is 48.0 Å².